The van der Waals surface area contributed by atoms with E-state index in [4.69, 9.17) is 0 Å². The first-order valence-corrected chi connectivity index (χ1v) is 10.2. The maximum atomic E-state index is 13.1. The second kappa shape index (κ2) is 7.15. The van der Waals surface area contributed by atoms with Crippen LogP contribution in [0, 0.1) is 11.3 Å². The highest BCUT2D eigenvalue weighted by atomic mass is 32.2. The summed E-state index contributed by atoms with van der Waals surface area (Å²) >= 11 is 1.20. The lowest BCUT2D eigenvalue weighted by Crippen LogP contribution is -2.15. The number of aromatic amines is 1. The summed E-state index contributed by atoms with van der Waals surface area (Å²) in [6.45, 7) is 0. The van der Waals surface area contributed by atoms with Gasteiger partial charge in [-0.25, -0.2) is 13.4 Å². The topological polar surface area (TPSA) is 104 Å². The summed E-state index contributed by atoms with van der Waals surface area (Å²) < 4.78 is 26.1. The van der Waals surface area contributed by atoms with Gasteiger partial charge in [0.15, 0.2) is 5.16 Å². The molecule has 130 valence electrons. The van der Waals surface area contributed by atoms with Crippen molar-refractivity contribution in [2.24, 2.45) is 0 Å². The molecule has 0 atom stereocenters. The number of nitrogens with zero attached hydrogens (tertiary/aromatic N) is 2. The van der Waals surface area contributed by atoms with Crippen LogP contribution in [-0.2, 0) is 9.84 Å². The summed E-state index contributed by atoms with van der Waals surface area (Å²) in [4.78, 5) is 19.1. The fourth-order valence-electron chi connectivity index (χ4n) is 2.47. The van der Waals surface area contributed by atoms with Gasteiger partial charge in [-0.1, -0.05) is 48.2 Å². The zero-order valence-corrected chi connectivity index (χ0v) is 15.3. The second-order valence-electron chi connectivity index (χ2n) is 5.22. The highest BCUT2D eigenvalue weighted by molar-refractivity contribution is 7.98. The number of sulfone groups is 1. The molecule has 0 bridgehead atoms. The number of rotatable bonds is 4. The third kappa shape index (κ3) is 3.14. The average molecular weight is 383 g/mol. The lowest BCUT2D eigenvalue weighted by molar-refractivity contribution is 0.596. The van der Waals surface area contributed by atoms with E-state index >= 15 is 0 Å². The summed E-state index contributed by atoms with van der Waals surface area (Å²) in [5.41, 5.74) is -0.558. The first kappa shape index (κ1) is 17.9. The van der Waals surface area contributed by atoms with Crippen molar-refractivity contribution in [1.29, 1.82) is 5.26 Å². The molecule has 1 aromatic heterocycles. The van der Waals surface area contributed by atoms with Crippen LogP contribution in [0.1, 0.15) is 5.56 Å². The van der Waals surface area contributed by atoms with Crippen LogP contribution in [0.2, 0.25) is 0 Å². The average Bonchev–Trinajstić information content (AvgIpc) is 2.68. The highest BCUT2D eigenvalue weighted by Gasteiger charge is 2.24. The summed E-state index contributed by atoms with van der Waals surface area (Å²) in [5, 5.41) is 9.67. The Morgan fingerprint density at radius 1 is 1.08 bits per heavy atom. The van der Waals surface area contributed by atoms with E-state index in [2.05, 4.69) is 9.97 Å². The summed E-state index contributed by atoms with van der Waals surface area (Å²) in [7, 11) is -3.84. The van der Waals surface area contributed by atoms with Gasteiger partial charge in [-0.3, -0.25) is 4.79 Å². The van der Waals surface area contributed by atoms with Gasteiger partial charge in [-0.05, 0) is 24.5 Å². The van der Waals surface area contributed by atoms with Crippen molar-refractivity contribution < 1.29 is 8.42 Å². The fourth-order valence-corrected chi connectivity index (χ4v) is 4.33. The largest absolute Gasteiger partial charge is 0.300 e. The minimum atomic E-state index is -3.84. The van der Waals surface area contributed by atoms with Gasteiger partial charge in [-0.2, -0.15) is 5.26 Å². The molecule has 0 amide bonds. The van der Waals surface area contributed by atoms with Gasteiger partial charge in [0.1, 0.15) is 11.6 Å². The van der Waals surface area contributed by atoms with Crippen molar-refractivity contribution in [2.45, 2.75) is 14.9 Å². The van der Waals surface area contributed by atoms with E-state index in [9.17, 15) is 18.5 Å². The molecule has 0 unspecified atom stereocenters. The number of aromatic nitrogens is 2. The SMILES string of the molecule is CSc1nc(-c2ccccc2S(=O)(=O)c2ccccc2)c(C#N)c(=O)[nH]1. The molecule has 26 heavy (non-hydrogen) atoms. The van der Waals surface area contributed by atoms with E-state index in [1.54, 1.807) is 42.7 Å². The number of nitrogens with one attached hydrogen (secondary N) is 1. The van der Waals surface area contributed by atoms with Crippen molar-refractivity contribution in [3.8, 4) is 17.3 Å². The lowest BCUT2D eigenvalue weighted by atomic mass is 10.1. The predicted octanol–water partition coefficient (Wildman–Crippen LogP) is 2.86. The van der Waals surface area contributed by atoms with E-state index in [0.29, 0.717) is 5.16 Å². The van der Waals surface area contributed by atoms with Crippen LogP contribution in [0.4, 0.5) is 0 Å². The van der Waals surface area contributed by atoms with E-state index in [0.717, 1.165) is 0 Å². The Bertz CT molecular complexity index is 1160. The van der Waals surface area contributed by atoms with Gasteiger partial charge < -0.3 is 4.98 Å². The van der Waals surface area contributed by atoms with Crippen LogP contribution in [-0.4, -0.2) is 24.6 Å². The van der Waals surface area contributed by atoms with Crippen molar-refractivity contribution in [3.63, 3.8) is 0 Å². The molecule has 3 aromatic rings. The smallest absolute Gasteiger partial charge is 0.270 e. The van der Waals surface area contributed by atoms with Crippen LogP contribution in [0.25, 0.3) is 11.3 Å². The molecule has 3 rings (SSSR count). The molecule has 0 aliphatic carbocycles. The molecule has 0 saturated carbocycles. The Balaban J connectivity index is 2.33. The van der Waals surface area contributed by atoms with Gasteiger partial charge in [-0.15, -0.1) is 0 Å². The molecule has 1 heterocycles. The molecule has 2 aromatic carbocycles. The molecular formula is C18H13N3O3S2. The predicted molar refractivity (Wildman–Crippen MR) is 98.7 cm³/mol. The van der Waals surface area contributed by atoms with Crippen molar-refractivity contribution >= 4 is 21.6 Å². The second-order valence-corrected chi connectivity index (χ2v) is 7.94. The fraction of sp³-hybridized carbons (Fsp3) is 0.0556. The molecule has 6 nitrogen and oxygen atoms in total. The first-order valence-electron chi connectivity index (χ1n) is 7.47. The number of benzene rings is 2. The molecule has 0 aliphatic heterocycles. The van der Waals surface area contributed by atoms with Crippen LogP contribution in [0.15, 0.2) is 74.3 Å². The minimum absolute atomic E-state index is 0.00662. The summed E-state index contributed by atoms with van der Waals surface area (Å²) in [6, 6.07) is 16.0. The Labute approximate surface area is 154 Å². The van der Waals surface area contributed by atoms with Gasteiger partial charge in [0.25, 0.3) is 5.56 Å². The molecule has 0 spiro atoms. The maximum Gasteiger partial charge on any atom is 0.270 e. The number of hydrogen-bond donors (Lipinski definition) is 1. The minimum Gasteiger partial charge on any atom is -0.300 e. The van der Waals surface area contributed by atoms with E-state index < -0.39 is 15.4 Å². The van der Waals surface area contributed by atoms with Crippen molar-refractivity contribution in [1.82, 2.24) is 9.97 Å². The normalized spacial score (nSPS) is 11.1. The Morgan fingerprint density at radius 3 is 2.38 bits per heavy atom. The van der Waals surface area contributed by atoms with Gasteiger partial charge in [0.05, 0.1) is 15.5 Å². The van der Waals surface area contributed by atoms with Crippen LogP contribution >= 0.6 is 11.8 Å². The van der Waals surface area contributed by atoms with Gasteiger partial charge in [0, 0.05) is 5.56 Å². The molecule has 1 N–H and O–H groups in total. The number of hydrogen-bond acceptors (Lipinski definition) is 6. The zero-order chi connectivity index (χ0) is 18.7. The van der Waals surface area contributed by atoms with Crippen LogP contribution in [0.3, 0.4) is 0 Å². The van der Waals surface area contributed by atoms with E-state index in [1.165, 1.54) is 30.0 Å². The van der Waals surface area contributed by atoms with Crippen molar-refractivity contribution in [3.05, 3.63) is 70.5 Å². The molecule has 0 fully saturated rings. The molecular weight excluding hydrogens is 370 g/mol. The van der Waals surface area contributed by atoms with Crippen molar-refractivity contribution in [2.75, 3.05) is 6.26 Å². The van der Waals surface area contributed by atoms with E-state index in [1.807, 2.05) is 6.07 Å². The highest BCUT2D eigenvalue weighted by Crippen LogP contribution is 2.31. The third-order valence-electron chi connectivity index (χ3n) is 3.69. The molecule has 0 aliphatic rings. The zero-order valence-electron chi connectivity index (χ0n) is 13.6. The lowest BCUT2D eigenvalue weighted by Gasteiger charge is -2.11. The first-order chi connectivity index (χ1) is 12.5. The maximum absolute atomic E-state index is 13.1. The molecule has 8 heteroatoms. The van der Waals surface area contributed by atoms with Gasteiger partial charge >= 0.3 is 0 Å². The summed E-state index contributed by atoms with van der Waals surface area (Å²) in [5.74, 6) is 0. The monoisotopic (exact) mass is 383 g/mol. The molecule has 0 saturated heterocycles. The number of nitriles is 1. The van der Waals surface area contributed by atoms with E-state index in [-0.39, 0.29) is 26.6 Å². The van der Waals surface area contributed by atoms with Crippen LogP contribution in [0.5, 0.6) is 0 Å². The molecule has 0 radical (unpaired) electrons. The quantitative estimate of drug-likeness (QED) is 0.549. The van der Waals surface area contributed by atoms with Crippen LogP contribution < -0.4 is 5.56 Å². The number of thioether (sulfide) groups is 1. The Kier molecular flexibility index (Phi) is 4.93. The number of H-pyrrole nitrogens is 1. The Hall–Kier alpha value is -2.89. The summed E-state index contributed by atoms with van der Waals surface area (Å²) in [6.07, 6.45) is 1.72. The van der Waals surface area contributed by atoms with Gasteiger partial charge in [0.2, 0.25) is 9.84 Å². The standard InChI is InChI=1S/C18H13N3O3S2/c1-25-18-20-16(14(11-19)17(22)21-18)13-9-5-6-10-15(13)26(23,24)12-7-3-2-4-8-12/h2-10H,1H3,(H,20,21,22). The third-order valence-corrected chi connectivity index (χ3v) is 6.10. The Morgan fingerprint density at radius 2 is 1.73 bits per heavy atom.